The zero-order valence-electron chi connectivity index (χ0n) is 12.0. The van der Waals surface area contributed by atoms with Crippen molar-refractivity contribution < 1.29 is 14.3 Å². The van der Waals surface area contributed by atoms with Crippen molar-refractivity contribution in [1.82, 2.24) is 0 Å². The Hall–Kier alpha value is -1.82. The second kappa shape index (κ2) is 7.69. The maximum absolute atomic E-state index is 11.7. The largest absolute Gasteiger partial charge is 0.497 e. The highest BCUT2D eigenvalue weighted by molar-refractivity contribution is 7.80. The molecular formula is C14H20N2O3S. The summed E-state index contributed by atoms with van der Waals surface area (Å²) in [5.74, 6) is 0.397. The molecule has 0 heterocycles. The number of methoxy groups -OCH3 is 1. The molecule has 20 heavy (non-hydrogen) atoms. The minimum Gasteiger partial charge on any atom is -0.497 e. The van der Waals surface area contributed by atoms with E-state index >= 15 is 0 Å². The third-order valence-electron chi connectivity index (χ3n) is 2.82. The summed E-state index contributed by atoms with van der Waals surface area (Å²) in [5, 5.41) is 0. The van der Waals surface area contributed by atoms with Gasteiger partial charge in [-0.25, -0.2) is 0 Å². The van der Waals surface area contributed by atoms with Crippen LogP contribution in [0.4, 0.5) is 5.69 Å². The molecule has 0 saturated carbocycles. The summed E-state index contributed by atoms with van der Waals surface area (Å²) < 4.78 is 10.2. The van der Waals surface area contributed by atoms with Gasteiger partial charge in [-0.15, -0.1) is 0 Å². The van der Waals surface area contributed by atoms with Crippen LogP contribution in [0, 0.1) is 0 Å². The average Bonchev–Trinajstić information content (AvgIpc) is 2.44. The van der Waals surface area contributed by atoms with Crippen LogP contribution < -0.4 is 15.4 Å². The van der Waals surface area contributed by atoms with Crippen molar-refractivity contribution in [2.24, 2.45) is 5.73 Å². The van der Waals surface area contributed by atoms with Gasteiger partial charge in [0.15, 0.2) is 0 Å². The number of benzene rings is 1. The molecule has 0 atom stereocenters. The van der Waals surface area contributed by atoms with Crippen molar-refractivity contribution in [3.63, 3.8) is 0 Å². The minimum absolute atomic E-state index is 0.146. The van der Waals surface area contributed by atoms with Gasteiger partial charge in [-0.3, -0.25) is 4.79 Å². The molecule has 0 radical (unpaired) electrons. The lowest BCUT2D eigenvalue weighted by atomic mass is 10.1. The number of hydrogen-bond donors (Lipinski definition) is 1. The molecule has 1 aromatic rings. The molecular weight excluding hydrogens is 276 g/mol. The number of carbonyl (C=O) groups excluding carboxylic acids is 1. The zero-order chi connectivity index (χ0) is 15.1. The molecule has 0 fully saturated rings. The molecule has 0 unspecified atom stereocenters. The SMILES string of the molecule is CCOC(=O)CN(CC)c1cc(OC)ccc1C(N)=S. The van der Waals surface area contributed by atoms with Crippen molar-refractivity contribution in [3.05, 3.63) is 23.8 Å². The van der Waals surface area contributed by atoms with E-state index in [4.69, 9.17) is 27.4 Å². The van der Waals surface area contributed by atoms with Crippen molar-refractivity contribution in [1.29, 1.82) is 0 Å². The summed E-state index contributed by atoms with van der Waals surface area (Å²) in [7, 11) is 1.58. The second-order valence-corrected chi connectivity index (χ2v) is 4.51. The first-order valence-electron chi connectivity index (χ1n) is 6.41. The molecule has 0 amide bonds. The molecule has 0 spiro atoms. The van der Waals surface area contributed by atoms with E-state index in [0.29, 0.717) is 24.5 Å². The smallest absolute Gasteiger partial charge is 0.325 e. The number of anilines is 1. The van der Waals surface area contributed by atoms with Crippen LogP contribution in [-0.2, 0) is 9.53 Å². The van der Waals surface area contributed by atoms with Crippen LogP contribution in [-0.4, -0.2) is 37.8 Å². The van der Waals surface area contributed by atoms with Crippen LogP contribution in [0.15, 0.2) is 18.2 Å². The number of ether oxygens (including phenoxy) is 2. The quantitative estimate of drug-likeness (QED) is 0.610. The van der Waals surface area contributed by atoms with Gasteiger partial charge in [-0.05, 0) is 26.0 Å². The van der Waals surface area contributed by atoms with Crippen LogP contribution in [0.5, 0.6) is 5.75 Å². The number of rotatable bonds is 7. The summed E-state index contributed by atoms with van der Waals surface area (Å²) in [4.78, 5) is 13.8. The lowest BCUT2D eigenvalue weighted by Crippen LogP contribution is -2.32. The number of carbonyl (C=O) groups is 1. The highest BCUT2D eigenvalue weighted by Gasteiger charge is 2.16. The van der Waals surface area contributed by atoms with Crippen LogP contribution >= 0.6 is 12.2 Å². The van der Waals surface area contributed by atoms with Crippen molar-refractivity contribution in [2.45, 2.75) is 13.8 Å². The molecule has 2 N–H and O–H groups in total. The fourth-order valence-electron chi connectivity index (χ4n) is 1.84. The number of nitrogens with two attached hydrogens (primary N) is 1. The molecule has 1 aromatic carbocycles. The van der Waals surface area contributed by atoms with E-state index in [1.54, 1.807) is 26.2 Å². The van der Waals surface area contributed by atoms with Gasteiger partial charge >= 0.3 is 5.97 Å². The highest BCUT2D eigenvalue weighted by atomic mass is 32.1. The van der Waals surface area contributed by atoms with Crippen molar-refractivity contribution in [2.75, 3.05) is 31.7 Å². The molecule has 0 bridgehead atoms. The van der Waals surface area contributed by atoms with Crippen LogP contribution in [0.25, 0.3) is 0 Å². The second-order valence-electron chi connectivity index (χ2n) is 4.07. The van der Waals surface area contributed by atoms with Gasteiger partial charge in [0, 0.05) is 18.2 Å². The first-order chi connectivity index (χ1) is 9.53. The fourth-order valence-corrected chi connectivity index (χ4v) is 2.01. The van der Waals surface area contributed by atoms with E-state index < -0.39 is 0 Å². The number of nitrogens with zero attached hydrogens (tertiary/aromatic N) is 1. The van der Waals surface area contributed by atoms with Gasteiger partial charge < -0.3 is 20.1 Å². The summed E-state index contributed by atoms with van der Waals surface area (Å²) in [6.45, 7) is 4.85. The Bertz CT molecular complexity index is 491. The zero-order valence-corrected chi connectivity index (χ0v) is 12.8. The molecule has 6 heteroatoms. The van der Waals surface area contributed by atoms with Gasteiger partial charge in [0.1, 0.15) is 17.3 Å². The Kier molecular flexibility index (Phi) is 6.24. The highest BCUT2D eigenvalue weighted by Crippen LogP contribution is 2.26. The van der Waals surface area contributed by atoms with E-state index in [1.165, 1.54) is 0 Å². The summed E-state index contributed by atoms with van der Waals surface area (Å²) >= 11 is 5.06. The van der Waals surface area contributed by atoms with Gasteiger partial charge in [-0.2, -0.15) is 0 Å². The van der Waals surface area contributed by atoms with Gasteiger partial charge in [0.25, 0.3) is 0 Å². The summed E-state index contributed by atoms with van der Waals surface area (Å²) in [5.41, 5.74) is 7.22. The van der Waals surface area contributed by atoms with Crippen LogP contribution in [0.2, 0.25) is 0 Å². The Balaban J connectivity index is 3.11. The predicted molar refractivity (Wildman–Crippen MR) is 83.4 cm³/mol. The standard InChI is InChI=1S/C14H20N2O3S/c1-4-16(9-13(17)19-5-2)12-8-10(18-3)6-7-11(12)14(15)20/h6-8H,4-5,9H2,1-3H3,(H2,15,20). The maximum atomic E-state index is 11.7. The van der Waals surface area contributed by atoms with E-state index in [2.05, 4.69) is 0 Å². The Morgan fingerprint density at radius 1 is 1.40 bits per heavy atom. The van der Waals surface area contributed by atoms with E-state index in [9.17, 15) is 4.79 Å². The van der Waals surface area contributed by atoms with Gasteiger partial charge in [0.05, 0.1) is 19.4 Å². The first-order valence-corrected chi connectivity index (χ1v) is 6.82. The maximum Gasteiger partial charge on any atom is 0.325 e. The summed E-state index contributed by atoms with van der Waals surface area (Å²) in [6.07, 6.45) is 0. The van der Waals surface area contributed by atoms with Crippen LogP contribution in [0.1, 0.15) is 19.4 Å². The van der Waals surface area contributed by atoms with E-state index in [-0.39, 0.29) is 17.5 Å². The number of hydrogen-bond acceptors (Lipinski definition) is 5. The first kappa shape index (κ1) is 16.2. The average molecular weight is 296 g/mol. The molecule has 5 nitrogen and oxygen atoms in total. The van der Waals surface area contributed by atoms with Crippen molar-refractivity contribution >= 4 is 28.9 Å². The lowest BCUT2D eigenvalue weighted by molar-refractivity contribution is -0.141. The Labute approximate surface area is 124 Å². The van der Waals surface area contributed by atoms with E-state index in [0.717, 1.165) is 5.69 Å². The number of esters is 1. The predicted octanol–water partition coefficient (Wildman–Crippen LogP) is 1.72. The topological polar surface area (TPSA) is 64.8 Å². The Morgan fingerprint density at radius 3 is 2.60 bits per heavy atom. The molecule has 1 rings (SSSR count). The number of likely N-dealkylation sites (N-methyl/N-ethyl adjacent to an activating group) is 1. The summed E-state index contributed by atoms with van der Waals surface area (Å²) in [6, 6.07) is 5.40. The minimum atomic E-state index is -0.286. The monoisotopic (exact) mass is 296 g/mol. The normalized spacial score (nSPS) is 9.95. The fraction of sp³-hybridized carbons (Fsp3) is 0.429. The third kappa shape index (κ3) is 4.09. The number of thiocarbonyl (C=S) groups is 1. The molecule has 0 aromatic heterocycles. The molecule has 0 saturated heterocycles. The third-order valence-corrected chi connectivity index (χ3v) is 3.04. The van der Waals surface area contributed by atoms with Gasteiger partial charge in [-0.1, -0.05) is 12.2 Å². The molecule has 0 aliphatic heterocycles. The molecule has 110 valence electrons. The van der Waals surface area contributed by atoms with Crippen molar-refractivity contribution in [3.8, 4) is 5.75 Å². The van der Waals surface area contributed by atoms with Crippen LogP contribution in [0.3, 0.4) is 0 Å². The van der Waals surface area contributed by atoms with Gasteiger partial charge in [0.2, 0.25) is 0 Å². The Morgan fingerprint density at radius 2 is 2.10 bits per heavy atom. The van der Waals surface area contributed by atoms with E-state index in [1.807, 2.05) is 17.9 Å². The molecule has 0 aliphatic carbocycles. The molecule has 0 aliphatic rings. The lowest BCUT2D eigenvalue weighted by Gasteiger charge is -2.25.